The van der Waals surface area contributed by atoms with Crippen molar-refractivity contribution in [2.24, 2.45) is 0 Å². The lowest BCUT2D eigenvalue weighted by molar-refractivity contribution is 0.0824. The van der Waals surface area contributed by atoms with Crippen LogP contribution in [0.3, 0.4) is 0 Å². The molecule has 30 heavy (non-hydrogen) atoms. The van der Waals surface area contributed by atoms with Gasteiger partial charge in [-0.1, -0.05) is 0 Å². The van der Waals surface area contributed by atoms with Gasteiger partial charge in [0, 0.05) is 35.3 Å². The van der Waals surface area contributed by atoms with Crippen molar-refractivity contribution in [2.75, 3.05) is 0 Å². The lowest BCUT2D eigenvalue weighted by Crippen LogP contribution is -2.30. The van der Waals surface area contributed by atoms with Gasteiger partial charge in [-0.25, -0.2) is 13.2 Å². The molecular weight excluding hydrogens is 395 g/mol. The first-order valence-electron chi connectivity index (χ1n) is 9.43. The molecule has 6 nitrogen and oxygen atoms in total. The second-order valence-corrected chi connectivity index (χ2v) is 7.48. The Morgan fingerprint density at radius 2 is 1.77 bits per heavy atom. The lowest BCUT2D eigenvalue weighted by Gasteiger charge is -2.26. The van der Waals surface area contributed by atoms with Crippen LogP contribution in [0.15, 0.2) is 30.3 Å². The minimum Gasteiger partial charge on any atom is -0.474 e. The van der Waals surface area contributed by atoms with Gasteiger partial charge < -0.3 is 9.30 Å². The highest BCUT2D eigenvalue weighted by atomic mass is 19.1. The maximum atomic E-state index is 14.1. The second-order valence-electron chi connectivity index (χ2n) is 7.48. The van der Waals surface area contributed by atoms with Crippen molar-refractivity contribution in [2.45, 2.75) is 39.8 Å². The van der Waals surface area contributed by atoms with Crippen LogP contribution in [-0.4, -0.2) is 25.0 Å². The molecule has 2 aromatic heterocycles. The maximum Gasteiger partial charge on any atom is 0.192 e. The van der Waals surface area contributed by atoms with Crippen molar-refractivity contribution in [1.82, 2.24) is 25.0 Å². The third-order valence-corrected chi connectivity index (χ3v) is 4.93. The Hall–Kier alpha value is -3.36. The first-order valence-corrected chi connectivity index (χ1v) is 9.43. The van der Waals surface area contributed by atoms with E-state index in [0.717, 1.165) is 22.2 Å². The molecule has 0 atom stereocenters. The molecule has 0 fully saturated rings. The number of hydrogen-bond donors (Lipinski definition) is 1. The summed E-state index contributed by atoms with van der Waals surface area (Å²) in [5, 5.41) is 16.7. The highest BCUT2D eigenvalue weighted by Gasteiger charge is 2.33. The highest BCUT2D eigenvalue weighted by Crippen LogP contribution is 2.33. The van der Waals surface area contributed by atoms with E-state index in [1.165, 1.54) is 0 Å². The number of hydrogen-bond acceptors (Lipinski definition) is 4. The average Bonchev–Trinajstić information content (AvgIpc) is 3.28. The smallest absolute Gasteiger partial charge is 0.192 e. The van der Waals surface area contributed by atoms with E-state index in [4.69, 9.17) is 4.74 Å². The maximum absolute atomic E-state index is 14.1. The van der Waals surface area contributed by atoms with Crippen molar-refractivity contribution >= 4 is 10.9 Å². The zero-order valence-electron chi connectivity index (χ0n) is 16.9. The van der Waals surface area contributed by atoms with Gasteiger partial charge in [0.2, 0.25) is 0 Å². The SMILES string of the molecule is CCn1c(-c2ccc3n[nH]c(C)c3c2)nnc1C(C)(C)Oc1c(F)cc(F)cc1F. The van der Waals surface area contributed by atoms with Gasteiger partial charge in [-0.3, -0.25) is 5.10 Å². The molecule has 0 bridgehead atoms. The molecule has 0 aliphatic rings. The number of aryl methyl sites for hydroxylation is 1. The predicted molar refractivity (Wildman–Crippen MR) is 105 cm³/mol. The fraction of sp³-hybridized carbons (Fsp3) is 0.286. The van der Waals surface area contributed by atoms with E-state index in [9.17, 15) is 13.2 Å². The van der Waals surface area contributed by atoms with Crippen LogP contribution in [0.1, 0.15) is 32.3 Å². The summed E-state index contributed by atoms with van der Waals surface area (Å²) in [6, 6.07) is 6.88. The van der Waals surface area contributed by atoms with E-state index in [0.29, 0.717) is 30.3 Å². The molecular formula is C21H20F3N5O. The van der Waals surface area contributed by atoms with Crippen LogP contribution in [0, 0.1) is 24.4 Å². The largest absolute Gasteiger partial charge is 0.474 e. The molecule has 0 amide bonds. The summed E-state index contributed by atoms with van der Waals surface area (Å²) >= 11 is 0. The van der Waals surface area contributed by atoms with Crippen molar-refractivity contribution in [3.05, 3.63) is 59.3 Å². The van der Waals surface area contributed by atoms with Gasteiger partial charge in [0.15, 0.2) is 34.6 Å². The summed E-state index contributed by atoms with van der Waals surface area (Å²) < 4.78 is 48.9. The summed E-state index contributed by atoms with van der Waals surface area (Å²) in [6.07, 6.45) is 0. The van der Waals surface area contributed by atoms with Crippen molar-refractivity contribution in [3.8, 4) is 17.1 Å². The average molecular weight is 415 g/mol. The van der Waals surface area contributed by atoms with Gasteiger partial charge in [-0.05, 0) is 45.9 Å². The normalized spacial score (nSPS) is 12.0. The first-order chi connectivity index (χ1) is 14.2. The van der Waals surface area contributed by atoms with Crippen LogP contribution in [-0.2, 0) is 12.1 Å². The molecule has 0 aliphatic carbocycles. The molecule has 1 N–H and O–H groups in total. The van der Waals surface area contributed by atoms with E-state index in [1.807, 2.05) is 36.6 Å². The molecule has 4 rings (SSSR count). The Morgan fingerprint density at radius 3 is 2.43 bits per heavy atom. The fourth-order valence-electron chi connectivity index (χ4n) is 3.47. The highest BCUT2D eigenvalue weighted by molar-refractivity contribution is 5.85. The Kier molecular flexibility index (Phi) is 4.76. The van der Waals surface area contributed by atoms with Gasteiger partial charge in [0.25, 0.3) is 0 Å². The molecule has 2 aromatic carbocycles. The number of halogens is 3. The van der Waals surface area contributed by atoms with Crippen LogP contribution in [0.5, 0.6) is 5.75 Å². The quantitative estimate of drug-likeness (QED) is 0.504. The monoisotopic (exact) mass is 415 g/mol. The molecule has 0 radical (unpaired) electrons. The Labute approximate surface area is 170 Å². The summed E-state index contributed by atoms with van der Waals surface area (Å²) in [4.78, 5) is 0. The molecule has 0 saturated carbocycles. The minimum absolute atomic E-state index is 0.382. The predicted octanol–water partition coefficient (Wildman–Crippen LogP) is 4.88. The number of nitrogens with one attached hydrogen (secondary N) is 1. The third-order valence-electron chi connectivity index (χ3n) is 4.93. The number of rotatable bonds is 5. The van der Waals surface area contributed by atoms with Crippen LogP contribution < -0.4 is 4.74 Å². The molecule has 156 valence electrons. The summed E-state index contributed by atoms with van der Waals surface area (Å²) in [6.45, 7) is 7.59. The van der Waals surface area contributed by atoms with Gasteiger partial charge in [-0.2, -0.15) is 5.10 Å². The van der Waals surface area contributed by atoms with Crippen molar-refractivity contribution in [1.29, 1.82) is 0 Å². The van der Waals surface area contributed by atoms with E-state index in [2.05, 4.69) is 20.4 Å². The van der Waals surface area contributed by atoms with Crippen LogP contribution >= 0.6 is 0 Å². The van der Waals surface area contributed by atoms with Gasteiger partial charge in [-0.15, -0.1) is 10.2 Å². The van der Waals surface area contributed by atoms with Crippen molar-refractivity contribution in [3.63, 3.8) is 0 Å². The summed E-state index contributed by atoms with van der Waals surface area (Å²) in [5.41, 5.74) is 1.35. The molecule has 2 heterocycles. The molecule has 0 aliphatic heterocycles. The van der Waals surface area contributed by atoms with Gasteiger partial charge in [0.05, 0.1) is 5.52 Å². The van der Waals surface area contributed by atoms with E-state index in [-0.39, 0.29) is 0 Å². The van der Waals surface area contributed by atoms with E-state index < -0.39 is 28.8 Å². The number of H-pyrrole nitrogens is 1. The number of aromatic nitrogens is 5. The van der Waals surface area contributed by atoms with E-state index >= 15 is 0 Å². The number of fused-ring (bicyclic) bond motifs is 1. The number of benzene rings is 2. The van der Waals surface area contributed by atoms with Crippen LogP contribution in [0.2, 0.25) is 0 Å². The molecule has 0 unspecified atom stereocenters. The summed E-state index contributed by atoms with van der Waals surface area (Å²) in [5.74, 6) is -2.95. The zero-order chi connectivity index (χ0) is 21.6. The molecule has 4 aromatic rings. The fourth-order valence-corrected chi connectivity index (χ4v) is 3.47. The number of ether oxygens (including phenoxy) is 1. The van der Waals surface area contributed by atoms with Crippen LogP contribution in [0.4, 0.5) is 13.2 Å². The van der Waals surface area contributed by atoms with Crippen molar-refractivity contribution < 1.29 is 17.9 Å². The number of aromatic amines is 1. The topological polar surface area (TPSA) is 68.6 Å². The first kappa shape index (κ1) is 19.9. The van der Waals surface area contributed by atoms with E-state index in [1.54, 1.807) is 13.8 Å². The lowest BCUT2D eigenvalue weighted by atomic mass is 10.1. The standard InChI is InChI=1S/C21H20F3N5O/c1-5-29-19(12-6-7-17-14(8-12)11(2)25-26-17)27-28-20(29)21(3,4)30-18-15(23)9-13(22)10-16(18)24/h6-10H,5H2,1-4H3,(H,25,26). The Bertz CT molecular complexity index is 1220. The Balaban J connectivity index is 1.76. The minimum atomic E-state index is -1.24. The Morgan fingerprint density at radius 1 is 1.07 bits per heavy atom. The third kappa shape index (κ3) is 3.30. The molecule has 0 saturated heterocycles. The van der Waals surface area contributed by atoms with Gasteiger partial charge >= 0.3 is 0 Å². The second kappa shape index (κ2) is 7.16. The van der Waals surface area contributed by atoms with Crippen LogP contribution in [0.25, 0.3) is 22.3 Å². The molecule has 0 spiro atoms. The zero-order valence-corrected chi connectivity index (χ0v) is 16.9. The number of nitrogens with zero attached hydrogens (tertiary/aromatic N) is 4. The molecule has 9 heteroatoms. The van der Waals surface area contributed by atoms with Gasteiger partial charge in [0.1, 0.15) is 5.82 Å². The summed E-state index contributed by atoms with van der Waals surface area (Å²) in [7, 11) is 0.